The van der Waals surface area contributed by atoms with Gasteiger partial charge in [-0.3, -0.25) is 4.21 Å². The zero-order valence-corrected chi connectivity index (χ0v) is 12.8. The van der Waals surface area contributed by atoms with E-state index < -0.39 is 10.8 Å². The third kappa shape index (κ3) is 2.62. The van der Waals surface area contributed by atoms with Crippen molar-refractivity contribution in [2.75, 3.05) is 12.9 Å². The predicted molar refractivity (Wildman–Crippen MR) is 85.1 cm³/mol. The van der Waals surface area contributed by atoms with Gasteiger partial charge in [-0.05, 0) is 18.2 Å². The van der Waals surface area contributed by atoms with Crippen LogP contribution in [0.1, 0.15) is 0 Å². The molecule has 7 heteroatoms. The number of H-pyrrole nitrogens is 1. The minimum absolute atomic E-state index is 0.404. The van der Waals surface area contributed by atoms with E-state index in [9.17, 15) is 4.21 Å². The number of nitrogens with zero attached hydrogens (tertiary/aromatic N) is 3. The number of imidazole rings is 1. The summed E-state index contributed by atoms with van der Waals surface area (Å²) in [5, 5.41) is 0. The number of ether oxygens (including phenoxy) is 1. The van der Waals surface area contributed by atoms with E-state index in [1.807, 2.05) is 6.07 Å². The molecule has 1 atom stereocenters. The van der Waals surface area contributed by atoms with Gasteiger partial charge in [0.2, 0.25) is 0 Å². The summed E-state index contributed by atoms with van der Waals surface area (Å²) in [6, 6.07) is 5.38. The summed E-state index contributed by atoms with van der Waals surface area (Å²) < 4.78 is 17.4. The molecule has 2 heterocycles. The average Bonchev–Trinajstić information content (AvgIpc) is 2.98. The van der Waals surface area contributed by atoms with E-state index in [1.54, 1.807) is 37.7 Å². The molecule has 2 aromatic heterocycles. The van der Waals surface area contributed by atoms with Crippen LogP contribution in [-0.4, -0.2) is 37.0 Å². The Labute approximate surface area is 129 Å². The van der Waals surface area contributed by atoms with Gasteiger partial charge in [0.1, 0.15) is 11.6 Å². The number of hydrogen-bond donors (Lipinski definition) is 1. The zero-order chi connectivity index (χ0) is 15.5. The van der Waals surface area contributed by atoms with Crippen LogP contribution in [-0.2, 0) is 10.8 Å². The Morgan fingerprint density at radius 3 is 2.91 bits per heavy atom. The van der Waals surface area contributed by atoms with Crippen LogP contribution < -0.4 is 4.74 Å². The van der Waals surface area contributed by atoms with Crippen LogP contribution in [0.2, 0.25) is 0 Å². The summed E-state index contributed by atoms with van der Waals surface area (Å²) in [6.45, 7) is 3.60. The molecule has 3 rings (SSSR count). The highest BCUT2D eigenvalue weighted by atomic mass is 32.2. The maximum atomic E-state index is 12.0. The first-order chi connectivity index (χ1) is 10.7. The molecule has 0 aliphatic rings. The van der Waals surface area contributed by atoms with Crippen molar-refractivity contribution >= 4 is 22.1 Å². The zero-order valence-electron chi connectivity index (χ0n) is 11.9. The normalized spacial score (nSPS) is 12.2. The molecular weight excluding hydrogens is 300 g/mol. The Morgan fingerprint density at radius 2 is 2.18 bits per heavy atom. The second-order valence-electron chi connectivity index (χ2n) is 4.48. The van der Waals surface area contributed by atoms with Crippen LogP contribution in [0.25, 0.3) is 22.7 Å². The molecule has 1 N–H and O–H groups in total. The lowest BCUT2D eigenvalue weighted by Gasteiger charge is -2.08. The molecule has 0 bridgehead atoms. The first kappa shape index (κ1) is 14.4. The topological polar surface area (TPSA) is 80.8 Å². The minimum Gasteiger partial charge on any atom is -0.496 e. The van der Waals surface area contributed by atoms with Gasteiger partial charge in [0, 0.05) is 23.0 Å². The monoisotopic (exact) mass is 314 g/mol. The number of methoxy groups -OCH3 is 1. The van der Waals surface area contributed by atoms with E-state index in [0.29, 0.717) is 33.5 Å². The third-order valence-corrected chi connectivity index (χ3v) is 4.41. The number of hydrogen-bond acceptors (Lipinski definition) is 5. The van der Waals surface area contributed by atoms with Gasteiger partial charge in [0.15, 0.2) is 11.3 Å². The van der Waals surface area contributed by atoms with Crippen LogP contribution in [0.4, 0.5) is 0 Å². The number of benzene rings is 1. The highest BCUT2D eigenvalue weighted by Crippen LogP contribution is 2.30. The molecule has 0 aliphatic carbocycles. The Bertz CT molecular complexity index is 827. The lowest BCUT2D eigenvalue weighted by atomic mass is 10.2. The van der Waals surface area contributed by atoms with Gasteiger partial charge in [0.25, 0.3) is 0 Å². The Morgan fingerprint density at radius 1 is 1.36 bits per heavy atom. The molecule has 1 aromatic carbocycles. The van der Waals surface area contributed by atoms with Crippen molar-refractivity contribution in [1.29, 1.82) is 0 Å². The molecular formula is C15H14N4O2S. The fourth-order valence-corrected chi connectivity index (χ4v) is 2.95. The van der Waals surface area contributed by atoms with Gasteiger partial charge in [-0.2, -0.15) is 0 Å². The van der Waals surface area contributed by atoms with Crippen LogP contribution >= 0.6 is 0 Å². The van der Waals surface area contributed by atoms with Gasteiger partial charge in [-0.25, -0.2) is 15.0 Å². The van der Waals surface area contributed by atoms with Gasteiger partial charge < -0.3 is 9.72 Å². The molecule has 112 valence electrons. The molecule has 0 saturated heterocycles. The highest BCUT2D eigenvalue weighted by molar-refractivity contribution is 7.85. The molecule has 0 amide bonds. The SMILES string of the molecule is C=CCS(=O)c1ccc(-c2nc3nccnc3[nH]2)c(OC)c1. The molecule has 6 nitrogen and oxygen atoms in total. The Hall–Kier alpha value is -2.54. The maximum Gasteiger partial charge on any atom is 0.197 e. The molecule has 22 heavy (non-hydrogen) atoms. The van der Waals surface area contributed by atoms with Crippen molar-refractivity contribution in [3.8, 4) is 17.1 Å². The van der Waals surface area contributed by atoms with Crippen molar-refractivity contribution in [3.63, 3.8) is 0 Å². The van der Waals surface area contributed by atoms with Crippen LogP contribution in [0, 0.1) is 0 Å². The summed E-state index contributed by atoms with van der Waals surface area (Å²) in [5.74, 6) is 1.61. The molecule has 0 spiro atoms. The number of nitrogens with one attached hydrogen (secondary N) is 1. The lowest BCUT2D eigenvalue weighted by Crippen LogP contribution is -1.97. The largest absolute Gasteiger partial charge is 0.496 e. The van der Waals surface area contributed by atoms with Crippen molar-refractivity contribution < 1.29 is 8.95 Å². The van der Waals surface area contributed by atoms with Crippen molar-refractivity contribution in [2.45, 2.75) is 4.90 Å². The predicted octanol–water partition coefficient (Wildman–Crippen LogP) is 2.32. The van der Waals surface area contributed by atoms with Crippen LogP contribution in [0.15, 0.2) is 48.1 Å². The molecule has 3 aromatic rings. The molecule has 0 aliphatic heterocycles. The van der Waals surface area contributed by atoms with Gasteiger partial charge in [0.05, 0.1) is 23.5 Å². The molecule has 0 fully saturated rings. The maximum absolute atomic E-state index is 12.0. The summed E-state index contributed by atoms with van der Waals surface area (Å²) in [6.07, 6.45) is 4.82. The van der Waals surface area contributed by atoms with E-state index in [-0.39, 0.29) is 0 Å². The van der Waals surface area contributed by atoms with Crippen molar-refractivity contribution in [2.24, 2.45) is 0 Å². The highest BCUT2D eigenvalue weighted by Gasteiger charge is 2.14. The second-order valence-corrected chi connectivity index (χ2v) is 5.97. The molecule has 0 saturated carbocycles. The average molecular weight is 314 g/mol. The summed E-state index contributed by atoms with van der Waals surface area (Å²) in [5.41, 5.74) is 1.92. The first-order valence-corrected chi connectivity index (χ1v) is 7.89. The van der Waals surface area contributed by atoms with E-state index >= 15 is 0 Å². The summed E-state index contributed by atoms with van der Waals surface area (Å²) >= 11 is 0. The quantitative estimate of drug-likeness (QED) is 0.731. The van der Waals surface area contributed by atoms with Gasteiger partial charge in [-0.1, -0.05) is 6.08 Å². The fraction of sp³-hybridized carbons (Fsp3) is 0.133. The lowest BCUT2D eigenvalue weighted by molar-refractivity contribution is 0.415. The van der Waals surface area contributed by atoms with E-state index in [4.69, 9.17) is 4.74 Å². The Balaban J connectivity index is 2.06. The third-order valence-electron chi connectivity index (χ3n) is 3.09. The minimum atomic E-state index is -1.13. The standard InChI is InChI=1S/C15H14N4O2S/c1-3-8-22(20)10-4-5-11(12(9-10)21-2)13-18-14-15(19-13)17-7-6-16-14/h3-7,9H,1,8H2,2H3,(H,16,17,18,19). The van der Waals surface area contributed by atoms with Crippen molar-refractivity contribution in [3.05, 3.63) is 43.2 Å². The van der Waals surface area contributed by atoms with Gasteiger partial charge >= 0.3 is 0 Å². The van der Waals surface area contributed by atoms with Crippen molar-refractivity contribution in [1.82, 2.24) is 19.9 Å². The van der Waals surface area contributed by atoms with E-state index in [2.05, 4.69) is 26.5 Å². The number of aromatic nitrogens is 4. The smallest absolute Gasteiger partial charge is 0.197 e. The van der Waals surface area contributed by atoms with Crippen LogP contribution in [0.3, 0.4) is 0 Å². The van der Waals surface area contributed by atoms with E-state index in [0.717, 1.165) is 5.56 Å². The summed E-state index contributed by atoms with van der Waals surface area (Å²) in [4.78, 5) is 16.5. The van der Waals surface area contributed by atoms with Gasteiger partial charge in [-0.15, -0.1) is 6.58 Å². The number of fused-ring (bicyclic) bond motifs is 1. The Kier molecular flexibility index (Phi) is 3.97. The fourth-order valence-electron chi connectivity index (χ4n) is 2.09. The summed E-state index contributed by atoms with van der Waals surface area (Å²) in [7, 11) is 0.440. The van der Waals surface area contributed by atoms with E-state index in [1.165, 1.54) is 0 Å². The second kappa shape index (κ2) is 6.07. The number of rotatable bonds is 5. The first-order valence-electron chi connectivity index (χ1n) is 6.57. The van der Waals surface area contributed by atoms with Crippen LogP contribution in [0.5, 0.6) is 5.75 Å². The molecule has 1 unspecified atom stereocenters. The molecule has 0 radical (unpaired) electrons. The number of aromatic amines is 1.